The minimum Gasteiger partial charge on any atom is -0.396 e. The maximum absolute atomic E-state index is 14.8. The summed E-state index contributed by atoms with van der Waals surface area (Å²) in [6.07, 6.45) is -11.3. The fraction of sp³-hybridized carbons (Fsp3) is 0.419. The van der Waals surface area contributed by atoms with Gasteiger partial charge in [0.1, 0.15) is 22.2 Å². The summed E-state index contributed by atoms with van der Waals surface area (Å²) < 4.78 is 162. The van der Waals surface area contributed by atoms with E-state index in [1.54, 1.807) is 0 Å². The van der Waals surface area contributed by atoms with Crippen LogP contribution in [0.5, 0.6) is 0 Å². The number of halogens is 9. The molecule has 0 bridgehead atoms. The van der Waals surface area contributed by atoms with Gasteiger partial charge in [-0.3, -0.25) is 0 Å². The summed E-state index contributed by atoms with van der Waals surface area (Å²) in [4.78, 5) is -0.346. The Morgan fingerprint density at radius 3 is 1.93 bits per heavy atom. The highest BCUT2D eigenvalue weighted by Gasteiger charge is 2.74. The number of ether oxygens (including phenoxy) is 1. The van der Waals surface area contributed by atoms with E-state index in [2.05, 4.69) is 4.74 Å². The number of aliphatic hydroxyl groups is 1. The van der Waals surface area contributed by atoms with Crippen LogP contribution in [0.3, 0.4) is 0 Å². The number of alkyl halides is 6. The molecule has 0 spiro atoms. The predicted octanol–water partition coefficient (Wildman–Crippen LogP) is 7.98. The minimum absolute atomic E-state index is 0.144. The zero-order valence-electron chi connectivity index (χ0n) is 23.4. The lowest BCUT2D eigenvalue weighted by Gasteiger charge is -2.39. The predicted molar refractivity (Wildman–Crippen MR) is 143 cm³/mol. The Balaban J connectivity index is 1.72. The van der Waals surface area contributed by atoms with Gasteiger partial charge in [0.05, 0.1) is 11.5 Å². The van der Waals surface area contributed by atoms with E-state index in [0.717, 1.165) is 42.5 Å². The van der Waals surface area contributed by atoms with Crippen molar-refractivity contribution in [3.63, 3.8) is 0 Å². The zero-order chi connectivity index (χ0) is 33.0. The molecule has 4 nitrogen and oxygen atoms in total. The zero-order valence-corrected chi connectivity index (χ0v) is 24.2. The van der Waals surface area contributed by atoms with E-state index in [1.807, 2.05) is 0 Å². The van der Waals surface area contributed by atoms with Crippen molar-refractivity contribution in [3.8, 4) is 0 Å². The molecule has 2 fully saturated rings. The van der Waals surface area contributed by atoms with Crippen molar-refractivity contribution in [1.82, 2.24) is 0 Å². The first kappa shape index (κ1) is 33.3. The van der Waals surface area contributed by atoms with Gasteiger partial charge in [0.25, 0.3) is 5.60 Å². The van der Waals surface area contributed by atoms with Gasteiger partial charge in [-0.2, -0.15) is 26.3 Å². The highest BCUT2D eigenvalue weighted by molar-refractivity contribution is 7.92. The number of rotatable bonds is 9. The van der Waals surface area contributed by atoms with Crippen LogP contribution in [0.15, 0.2) is 65.6 Å². The van der Waals surface area contributed by atoms with Gasteiger partial charge in [0.2, 0.25) is 0 Å². The van der Waals surface area contributed by atoms with Crippen molar-refractivity contribution in [3.05, 3.63) is 100 Å². The summed E-state index contributed by atoms with van der Waals surface area (Å²) >= 11 is 0. The summed E-state index contributed by atoms with van der Waals surface area (Å²) in [5.41, 5.74) is -8.16. The SMILES string of the molecule is O=S(=O)(c1ccc(F)cc1)[C@@]1(c2ccc(C(OCc3c(F)cccc3F)(C(F)(F)F)C(F)(F)F)c(C3CCCC3)c2)C[C@@H]1CO. The van der Waals surface area contributed by atoms with Crippen LogP contribution in [0, 0.1) is 23.4 Å². The Kier molecular flexibility index (Phi) is 8.58. The normalized spacial score (nSPS) is 21.3. The lowest BCUT2D eigenvalue weighted by Crippen LogP contribution is -2.56. The Hall–Kier alpha value is -3.10. The van der Waals surface area contributed by atoms with Gasteiger partial charge in [-0.05, 0) is 72.7 Å². The molecule has 2 aliphatic carbocycles. The van der Waals surface area contributed by atoms with Crippen LogP contribution >= 0.6 is 0 Å². The van der Waals surface area contributed by atoms with E-state index in [-0.39, 0.29) is 29.7 Å². The van der Waals surface area contributed by atoms with Gasteiger partial charge >= 0.3 is 12.4 Å². The van der Waals surface area contributed by atoms with E-state index in [9.17, 15) is 53.0 Å². The number of sulfone groups is 1. The largest absolute Gasteiger partial charge is 0.430 e. The first-order valence-corrected chi connectivity index (χ1v) is 15.5. The van der Waals surface area contributed by atoms with Crippen LogP contribution in [-0.4, -0.2) is 32.5 Å². The third-order valence-electron chi connectivity index (χ3n) is 8.88. The number of hydrogen-bond donors (Lipinski definition) is 1. The summed E-state index contributed by atoms with van der Waals surface area (Å²) in [6.45, 7) is -2.38. The van der Waals surface area contributed by atoms with Crippen molar-refractivity contribution in [1.29, 1.82) is 0 Å². The smallest absolute Gasteiger partial charge is 0.396 e. The molecule has 0 aliphatic heterocycles. The van der Waals surface area contributed by atoms with Crippen LogP contribution in [0.4, 0.5) is 39.5 Å². The van der Waals surface area contributed by atoms with Gasteiger partial charge in [-0.25, -0.2) is 21.6 Å². The topological polar surface area (TPSA) is 63.6 Å². The molecule has 45 heavy (non-hydrogen) atoms. The third kappa shape index (κ3) is 5.42. The molecular formula is C31H27F9O4S. The average Bonchev–Trinajstić information content (AvgIpc) is 3.48. The molecule has 2 aliphatic rings. The van der Waals surface area contributed by atoms with Crippen LogP contribution < -0.4 is 0 Å². The molecule has 5 rings (SSSR count). The van der Waals surface area contributed by atoms with Crippen molar-refractivity contribution < 1.29 is 57.8 Å². The monoisotopic (exact) mass is 666 g/mol. The van der Waals surface area contributed by atoms with Crippen molar-refractivity contribution in [2.24, 2.45) is 5.92 Å². The Morgan fingerprint density at radius 1 is 0.844 bits per heavy atom. The Morgan fingerprint density at radius 2 is 1.42 bits per heavy atom. The van der Waals surface area contributed by atoms with Gasteiger partial charge in [0.15, 0.2) is 9.84 Å². The van der Waals surface area contributed by atoms with Crippen LogP contribution in [0.25, 0.3) is 0 Å². The van der Waals surface area contributed by atoms with E-state index in [0.29, 0.717) is 31.0 Å². The molecule has 1 N–H and O–H groups in total. The molecule has 0 aromatic heterocycles. The Bertz CT molecular complexity index is 1630. The summed E-state index contributed by atoms with van der Waals surface area (Å²) in [5, 5.41) is 9.96. The molecule has 3 aromatic rings. The van der Waals surface area contributed by atoms with Gasteiger partial charge in [0, 0.05) is 23.7 Å². The van der Waals surface area contributed by atoms with Gasteiger partial charge < -0.3 is 9.84 Å². The molecule has 0 saturated heterocycles. The molecule has 0 unspecified atom stereocenters. The van der Waals surface area contributed by atoms with E-state index in [4.69, 9.17) is 0 Å². The second kappa shape index (κ2) is 11.6. The molecule has 2 saturated carbocycles. The highest BCUT2D eigenvalue weighted by Crippen LogP contribution is 2.62. The van der Waals surface area contributed by atoms with Gasteiger partial charge in [-0.15, -0.1) is 0 Å². The maximum Gasteiger partial charge on any atom is 0.430 e. The van der Waals surface area contributed by atoms with Crippen molar-refractivity contribution in [2.75, 3.05) is 6.61 Å². The number of aliphatic hydroxyl groups excluding tert-OH is 1. The fourth-order valence-corrected chi connectivity index (χ4v) is 8.75. The molecule has 3 aromatic carbocycles. The van der Waals surface area contributed by atoms with E-state index >= 15 is 0 Å². The molecule has 0 radical (unpaired) electrons. The molecule has 2 atom stereocenters. The average molecular weight is 667 g/mol. The lowest BCUT2D eigenvalue weighted by atomic mass is 9.81. The molecule has 0 amide bonds. The summed E-state index contributed by atoms with van der Waals surface area (Å²) in [5.74, 6) is -5.37. The van der Waals surface area contributed by atoms with E-state index in [1.165, 1.54) is 0 Å². The van der Waals surface area contributed by atoms with Crippen LogP contribution in [0.1, 0.15) is 60.3 Å². The standard InChI is InChI=1S/C31H27F9O4S/c32-21-9-11-22(12-10-21)45(42,43)28(15-20(28)16-41)19-8-13-25(23(14-19)18-4-1-2-5-18)29(30(35,36)37,31(38,39)40)44-17-24-26(33)6-3-7-27(24)34/h3,6-14,18,20,41H,1-2,4-5,15-17H2/t20-,28-/m1/s1. The second-order valence-electron chi connectivity index (χ2n) is 11.4. The second-order valence-corrected chi connectivity index (χ2v) is 13.6. The minimum atomic E-state index is -6.19. The molecule has 0 heterocycles. The molecular weight excluding hydrogens is 639 g/mol. The third-order valence-corrected chi connectivity index (χ3v) is 11.5. The number of benzene rings is 3. The first-order valence-electron chi connectivity index (χ1n) is 14.0. The summed E-state index contributed by atoms with van der Waals surface area (Å²) in [6, 6.07) is 8.29. The molecule has 244 valence electrons. The van der Waals surface area contributed by atoms with Crippen LogP contribution in [0.2, 0.25) is 0 Å². The number of hydrogen-bond acceptors (Lipinski definition) is 4. The quantitative estimate of drug-likeness (QED) is 0.186. The van der Waals surface area contributed by atoms with Crippen molar-refractivity contribution in [2.45, 2.75) is 72.2 Å². The Labute approximate surface area is 252 Å². The van der Waals surface area contributed by atoms with Crippen LogP contribution in [-0.2, 0) is 31.5 Å². The summed E-state index contributed by atoms with van der Waals surface area (Å²) in [7, 11) is -4.45. The highest BCUT2D eigenvalue weighted by atomic mass is 32.2. The molecule has 14 heteroatoms. The van der Waals surface area contributed by atoms with Gasteiger partial charge in [-0.1, -0.05) is 37.1 Å². The lowest BCUT2D eigenvalue weighted by molar-refractivity contribution is -0.393. The fourth-order valence-electron chi connectivity index (χ4n) is 6.46. The van der Waals surface area contributed by atoms with Crippen molar-refractivity contribution >= 4 is 9.84 Å². The first-order chi connectivity index (χ1) is 21.0. The van der Waals surface area contributed by atoms with E-state index < -0.39 is 91.7 Å². The maximum atomic E-state index is 14.8.